The Kier molecular flexibility index (Phi) is 1.48. The molecule has 0 spiro atoms. The van der Waals surface area contributed by atoms with Crippen LogP contribution in [-0.2, 0) is 0 Å². The minimum absolute atomic E-state index is 0.0203. The summed E-state index contributed by atoms with van der Waals surface area (Å²) in [6.45, 7) is 3.82. The topological polar surface area (TPSA) is 46.5 Å². The first-order valence-corrected chi connectivity index (χ1v) is 2.91. The molecular formula is C5H12N2O2. The number of aliphatic hydroxyl groups excluding tert-OH is 2. The average Bonchev–Trinajstić information content (AvgIpc) is 2.32. The number of aliphatic hydroxyl groups is 2. The SMILES string of the molecule is CC1(C)N(CO)N1CO. The maximum Gasteiger partial charge on any atom is 0.111 e. The van der Waals surface area contributed by atoms with Crippen LogP contribution in [0.15, 0.2) is 0 Å². The van der Waals surface area contributed by atoms with Gasteiger partial charge in [-0.3, -0.25) is 0 Å². The van der Waals surface area contributed by atoms with Crippen molar-refractivity contribution in [3.05, 3.63) is 0 Å². The Morgan fingerprint density at radius 2 is 1.44 bits per heavy atom. The Labute approximate surface area is 54.3 Å². The third kappa shape index (κ3) is 0.840. The fourth-order valence-corrected chi connectivity index (χ4v) is 0.995. The first-order chi connectivity index (χ1) is 4.14. The van der Waals surface area contributed by atoms with Crippen LogP contribution in [0.25, 0.3) is 0 Å². The molecule has 4 heteroatoms. The molecular weight excluding hydrogens is 120 g/mol. The molecule has 1 saturated heterocycles. The van der Waals surface area contributed by atoms with Crippen LogP contribution in [0.5, 0.6) is 0 Å². The summed E-state index contributed by atoms with van der Waals surface area (Å²) in [5, 5.41) is 20.6. The fourth-order valence-electron chi connectivity index (χ4n) is 0.995. The summed E-state index contributed by atoms with van der Waals surface area (Å²) in [5.41, 5.74) is -0.149. The van der Waals surface area contributed by atoms with E-state index in [1.165, 1.54) is 0 Å². The second kappa shape index (κ2) is 1.91. The molecule has 2 N–H and O–H groups in total. The Morgan fingerprint density at radius 1 is 1.11 bits per heavy atom. The van der Waals surface area contributed by atoms with Crippen molar-refractivity contribution in [1.82, 2.24) is 10.0 Å². The number of hydrogen-bond acceptors (Lipinski definition) is 4. The molecule has 9 heavy (non-hydrogen) atoms. The summed E-state index contributed by atoms with van der Waals surface area (Å²) in [7, 11) is 0. The highest BCUT2D eigenvalue weighted by Crippen LogP contribution is 2.36. The van der Waals surface area contributed by atoms with Crippen molar-refractivity contribution in [2.75, 3.05) is 13.5 Å². The van der Waals surface area contributed by atoms with Gasteiger partial charge < -0.3 is 10.2 Å². The van der Waals surface area contributed by atoms with E-state index in [0.717, 1.165) is 0 Å². The van der Waals surface area contributed by atoms with E-state index in [0.29, 0.717) is 0 Å². The molecule has 0 radical (unpaired) electrons. The molecule has 0 amide bonds. The molecule has 0 saturated carbocycles. The number of hydrazine groups is 1. The van der Waals surface area contributed by atoms with Crippen molar-refractivity contribution in [2.24, 2.45) is 0 Å². The lowest BCUT2D eigenvalue weighted by atomic mass is 10.3. The average molecular weight is 132 g/mol. The van der Waals surface area contributed by atoms with Crippen LogP contribution < -0.4 is 0 Å². The standard InChI is InChI=1S/C5H12N2O2/c1-5(2)6(3-8)7(5)4-9/h8-9H,3-4H2,1-2H3. The highest BCUT2D eigenvalue weighted by Gasteiger charge is 2.52. The van der Waals surface area contributed by atoms with Crippen LogP contribution in [0.3, 0.4) is 0 Å². The minimum atomic E-state index is -0.149. The van der Waals surface area contributed by atoms with Crippen LogP contribution >= 0.6 is 0 Å². The quantitative estimate of drug-likeness (QED) is 0.481. The zero-order chi connectivity index (χ0) is 7.07. The number of rotatable bonds is 2. The summed E-state index contributed by atoms with van der Waals surface area (Å²) in [6, 6.07) is 0. The molecule has 0 bridgehead atoms. The Morgan fingerprint density at radius 3 is 1.56 bits per heavy atom. The lowest BCUT2D eigenvalue weighted by molar-refractivity contribution is 0.0830. The third-order valence-corrected chi connectivity index (χ3v) is 1.78. The van der Waals surface area contributed by atoms with Gasteiger partial charge in [0.1, 0.15) is 13.5 Å². The van der Waals surface area contributed by atoms with Gasteiger partial charge in [-0.05, 0) is 13.8 Å². The monoisotopic (exact) mass is 132 g/mol. The van der Waals surface area contributed by atoms with Crippen molar-refractivity contribution in [2.45, 2.75) is 19.5 Å². The van der Waals surface area contributed by atoms with Gasteiger partial charge in [0.2, 0.25) is 0 Å². The third-order valence-electron chi connectivity index (χ3n) is 1.78. The summed E-state index contributed by atoms with van der Waals surface area (Å²) in [5.74, 6) is 0. The van der Waals surface area contributed by atoms with Crippen LogP contribution in [0.2, 0.25) is 0 Å². The number of hydrogen-bond donors (Lipinski definition) is 2. The van der Waals surface area contributed by atoms with Gasteiger partial charge >= 0.3 is 0 Å². The first kappa shape index (κ1) is 6.95. The first-order valence-electron chi connectivity index (χ1n) is 2.91. The van der Waals surface area contributed by atoms with Crippen molar-refractivity contribution in [3.63, 3.8) is 0 Å². The Bertz CT molecular complexity index is 104. The molecule has 54 valence electrons. The molecule has 0 aromatic rings. The normalized spacial score (nSPS) is 38.7. The molecule has 0 aliphatic carbocycles. The van der Waals surface area contributed by atoms with E-state index >= 15 is 0 Å². The highest BCUT2D eigenvalue weighted by molar-refractivity contribution is 4.89. The molecule has 1 rings (SSSR count). The van der Waals surface area contributed by atoms with Crippen LogP contribution in [-0.4, -0.2) is 39.4 Å². The molecule has 0 aromatic carbocycles. The van der Waals surface area contributed by atoms with Crippen LogP contribution in [0.4, 0.5) is 0 Å². The Balaban J connectivity index is 2.45. The van der Waals surface area contributed by atoms with Gasteiger partial charge in [-0.1, -0.05) is 0 Å². The van der Waals surface area contributed by atoms with E-state index in [1.54, 1.807) is 10.0 Å². The summed E-state index contributed by atoms with van der Waals surface area (Å²) in [4.78, 5) is 0. The molecule has 2 unspecified atom stereocenters. The van der Waals surface area contributed by atoms with Crippen LogP contribution in [0.1, 0.15) is 13.8 Å². The zero-order valence-corrected chi connectivity index (χ0v) is 5.70. The van der Waals surface area contributed by atoms with Gasteiger partial charge in [0.15, 0.2) is 0 Å². The molecule has 0 aromatic heterocycles. The predicted octanol–water partition coefficient (Wildman–Crippen LogP) is -0.845. The van der Waals surface area contributed by atoms with Gasteiger partial charge in [-0.2, -0.15) is 10.0 Å². The van der Waals surface area contributed by atoms with E-state index in [9.17, 15) is 0 Å². The van der Waals surface area contributed by atoms with Crippen molar-refractivity contribution in [1.29, 1.82) is 0 Å². The van der Waals surface area contributed by atoms with Gasteiger partial charge in [-0.15, -0.1) is 0 Å². The van der Waals surface area contributed by atoms with E-state index in [-0.39, 0.29) is 19.1 Å². The van der Waals surface area contributed by atoms with Crippen molar-refractivity contribution in [3.8, 4) is 0 Å². The van der Waals surface area contributed by atoms with Crippen molar-refractivity contribution >= 4 is 0 Å². The largest absolute Gasteiger partial charge is 0.380 e. The lowest BCUT2D eigenvalue weighted by Gasteiger charge is -1.93. The van der Waals surface area contributed by atoms with Gasteiger partial charge in [0.25, 0.3) is 0 Å². The maximum atomic E-state index is 8.62. The van der Waals surface area contributed by atoms with Gasteiger partial charge in [0.05, 0.1) is 5.66 Å². The van der Waals surface area contributed by atoms with E-state index in [4.69, 9.17) is 10.2 Å². The minimum Gasteiger partial charge on any atom is -0.380 e. The lowest BCUT2D eigenvalue weighted by Crippen LogP contribution is -2.09. The summed E-state index contributed by atoms with van der Waals surface area (Å²) >= 11 is 0. The maximum absolute atomic E-state index is 8.62. The molecule has 1 aliphatic rings. The highest BCUT2D eigenvalue weighted by atomic mass is 16.3. The molecule has 2 atom stereocenters. The van der Waals surface area contributed by atoms with Gasteiger partial charge in [0, 0.05) is 0 Å². The second-order valence-corrected chi connectivity index (χ2v) is 2.58. The molecule has 1 fully saturated rings. The Hall–Kier alpha value is -0.160. The van der Waals surface area contributed by atoms with E-state index < -0.39 is 0 Å². The molecule has 4 nitrogen and oxygen atoms in total. The van der Waals surface area contributed by atoms with Crippen molar-refractivity contribution < 1.29 is 10.2 Å². The summed E-state index contributed by atoms with van der Waals surface area (Å²) in [6.07, 6.45) is 0. The van der Waals surface area contributed by atoms with E-state index in [2.05, 4.69) is 0 Å². The smallest absolute Gasteiger partial charge is 0.111 e. The summed E-state index contributed by atoms with van der Waals surface area (Å²) < 4.78 is 0. The fraction of sp³-hybridized carbons (Fsp3) is 1.00. The zero-order valence-electron chi connectivity index (χ0n) is 5.70. The molecule has 1 aliphatic heterocycles. The van der Waals surface area contributed by atoms with Crippen LogP contribution in [0, 0.1) is 0 Å². The van der Waals surface area contributed by atoms with E-state index in [1.807, 2.05) is 13.8 Å². The predicted molar refractivity (Wildman–Crippen MR) is 31.9 cm³/mol. The molecule has 1 heterocycles. The second-order valence-electron chi connectivity index (χ2n) is 2.58. The number of nitrogens with zero attached hydrogens (tertiary/aromatic N) is 2. The van der Waals surface area contributed by atoms with Gasteiger partial charge in [-0.25, -0.2) is 0 Å².